The standard InChI is InChI=1S/C15H23N3O/c1-11(19)14-5-4-13(10-15(14)16)18(3)12-6-8-17(2)9-7-12/h4-5,10,12H,6-9,16H2,1-3H3. The molecule has 1 aromatic rings. The van der Waals surface area contributed by atoms with E-state index < -0.39 is 0 Å². The van der Waals surface area contributed by atoms with Crippen LogP contribution >= 0.6 is 0 Å². The van der Waals surface area contributed by atoms with E-state index in [4.69, 9.17) is 5.73 Å². The highest BCUT2D eigenvalue weighted by Crippen LogP contribution is 2.25. The van der Waals surface area contributed by atoms with Gasteiger partial charge in [0.05, 0.1) is 0 Å². The first-order valence-corrected chi connectivity index (χ1v) is 6.81. The quantitative estimate of drug-likeness (QED) is 0.668. The number of hydrogen-bond acceptors (Lipinski definition) is 4. The number of benzene rings is 1. The zero-order chi connectivity index (χ0) is 14.0. The molecular formula is C15H23N3O. The van der Waals surface area contributed by atoms with Crippen LogP contribution < -0.4 is 10.6 Å². The maximum Gasteiger partial charge on any atom is 0.161 e. The number of anilines is 2. The summed E-state index contributed by atoms with van der Waals surface area (Å²) >= 11 is 0. The summed E-state index contributed by atoms with van der Waals surface area (Å²) in [5, 5.41) is 0. The summed E-state index contributed by atoms with van der Waals surface area (Å²) in [5.74, 6) is 0.0194. The van der Waals surface area contributed by atoms with Gasteiger partial charge in [0.25, 0.3) is 0 Å². The Morgan fingerprint density at radius 1 is 1.37 bits per heavy atom. The molecule has 0 unspecified atom stereocenters. The van der Waals surface area contributed by atoms with E-state index in [-0.39, 0.29) is 5.78 Å². The summed E-state index contributed by atoms with van der Waals surface area (Å²) < 4.78 is 0. The van der Waals surface area contributed by atoms with Crippen molar-refractivity contribution in [1.29, 1.82) is 0 Å². The van der Waals surface area contributed by atoms with Gasteiger partial charge in [-0.05, 0) is 58.1 Å². The topological polar surface area (TPSA) is 49.6 Å². The maximum absolute atomic E-state index is 11.4. The van der Waals surface area contributed by atoms with E-state index in [9.17, 15) is 4.79 Å². The van der Waals surface area contributed by atoms with Crippen LogP contribution in [0.15, 0.2) is 18.2 Å². The van der Waals surface area contributed by atoms with Gasteiger partial charge in [-0.1, -0.05) is 0 Å². The van der Waals surface area contributed by atoms with E-state index >= 15 is 0 Å². The van der Waals surface area contributed by atoms with Crippen LogP contribution in [0.25, 0.3) is 0 Å². The monoisotopic (exact) mass is 261 g/mol. The van der Waals surface area contributed by atoms with Gasteiger partial charge < -0.3 is 15.5 Å². The number of piperidine rings is 1. The number of Topliss-reactive ketones (excluding diaryl/α,β-unsaturated/α-hetero) is 1. The van der Waals surface area contributed by atoms with Crippen LogP contribution in [-0.2, 0) is 0 Å². The van der Waals surface area contributed by atoms with Crippen LogP contribution in [-0.4, -0.2) is 43.9 Å². The predicted octanol–water partition coefficient (Wildman–Crippen LogP) is 2.00. The number of nitrogens with zero attached hydrogens (tertiary/aromatic N) is 2. The van der Waals surface area contributed by atoms with Gasteiger partial charge >= 0.3 is 0 Å². The van der Waals surface area contributed by atoms with Gasteiger partial charge in [0.1, 0.15) is 0 Å². The lowest BCUT2D eigenvalue weighted by molar-refractivity contribution is 0.101. The zero-order valence-electron chi connectivity index (χ0n) is 12.0. The normalized spacial score (nSPS) is 17.4. The molecule has 1 saturated heterocycles. The van der Waals surface area contributed by atoms with Gasteiger partial charge in [-0.3, -0.25) is 4.79 Å². The molecule has 0 saturated carbocycles. The smallest absolute Gasteiger partial charge is 0.161 e. The van der Waals surface area contributed by atoms with Crippen molar-refractivity contribution in [2.24, 2.45) is 0 Å². The van der Waals surface area contributed by atoms with E-state index in [1.807, 2.05) is 18.2 Å². The number of nitrogen functional groups attached to an aromatic ring is 1. The number of likely N-dealkylation sites (tertiary alicyclic amines) is 1. The number of carbonyl (C=O) groups excluding carboxylic acids is 1. The van der Waals surface area contributed by atoms with Crippen LogP contribution in [0, 0.1) is 0 Å². The van der Waals surface area contributed by atoms with E-state index in [1.54, 1.807) is 6.92 Å². The second kappa shape index (κ2) is 5.61. The first-order chi connectivity index (χ1) is 8.99. The third kappa shape index (κ3) is 3.07. The van der Waals surface area contributed by atoms with Gasteiger partial charge in [0, 0.05) is 30.0 Å². The van der Waals surface area contributed by atoms with Gasteiger partial charge in [0.2, 0.25) is 0 Å². The van der Waals surface area contributed by atoms with Crippen molar-refractivity contribution in [3.63, 3.8) is 0 Å². The minimum Gasteiger partial charge on any atom is -0.398 e. The van der Waals surface area contributed by atoms with Crippen LogP contribution in [0.3, 0.4) is 0 Å². The van der Waals surface area contributed by atoms with Crippen molar-refractivity contribution >= 4 is 17.2 Å². The minimum atomic E-state index is 0.0194. The number of hydrogen-bond donors (Lipinski definition) is 1. The highest BCUT2D eigenvalue weighted by molar-refractivity contribution is 5.99. The fourth-order valence-corrected chi connectivity index (χ4v) is 2.68. The first-order valence-electron chi connectivity index (χ1n) is 6.81. The lowest BCUT2D eigenvalue weighted by Gasteiger charge is -2.36. The minimum absolute atomic E-state index is 0.0194. The molecule has 1 fully saturated rings. The molecule has 0 radical (unpaired) electrons. The molecule has 4 heteroatoms. The number of nitrogens with two attached hydrogens (primary N) is 1. The summed E-state index contributed by atoms with van der Waals surface area (Å²) in [4.78, 5) is 16.0. The molecule has 1 heterocycles. The van der Waals surface area contributed by atoms with Crippen LogP contribution in [0.5, 0.6) is 0 Å². The fraction of sp³-hybridized carbons (Fsp3) is 0.533. The van der Waals surface area contributed by atoms with E-state index in [0.29, 0.717) is 17.3 Å². The molecule has 1 aliphatic heterocycles. The summed E-state index contributed by atoms with van der Waals surface area (Å²) in [7, 11) is 4.27. The fourth-order valence-electron chi connectivity index (χ4n) is 2.68. The Labute approximate surface area is 115 Å². The Balaban J connectivity index is 2.13. The number of ketones is 1. The molecule has 0 amide bonds. The van der Waals surface area contributed by atoms with Gasteiger partial charge in [-0.25, -0.2) is 0 Å². The van der Waals surface area contributed by atoms with Crippen molar-refractivity contribution in [2.45, 2.75) is 25.8 Å². The second-order valence-corrected chi connectivity index (χ2v) is 5.47. The van der Waals surface area contributed by atoms with Gasteiger partial charge in [-0.15, -0.1) is 0 Å². The average Bonchev–Trinajstić information content (AvgIpc) is 2.38. The summed E-state index contributed by atoms with van der Waals surface area (Å²) in [6.45, 7) is 3.82. The van der Waals surface area contributed by atoms with Crippen LogP contribution in [0.1, 0.15) is 30.1 Å². The molecule has 19 heavy (non-hydrogen) atoms. The number of carbonyl (C=O) groups is 1. The Kier molecular flexibility index (Phi) is 4.10. The van der Waals surface area contributed by atoms with Crippen LogP contribution in [0.2, 0.25) is 0 Å². The van der Waals surface area contributed by atoms with Crippen molar-refractivity contribution < 1.29 is 4.79 Å². The predicted molar refractivity (Wildman–Crippen MR) is 79.8 cm³/mol. The molecule has 1 aliphatic rings. The highest BCUT2D eigenvalue weighted by atomic mass is 16.1. The van der Waals surface area contributed by atoms with E-state index in [1.165, 1.54) is 12.8 Å². The summed E-state index contributed by atoms with van der Waals surface area (Å²) in [6, 6.07) is 6.29. The lowest BCUT2D eigenvalue weighted by atomic mass is 10.0. The van der Waals surface area contributed by atoms with Crippen molar-refractivity contribution in [3.05, 3.63) is 23.8 Å². The third-order valence-corrected chi connectivity index (χ3v) is 4.06. The average molecular weight is 261 g/mol. The van der Waals surface area contributed by atoms with Crippen molar-refractivity contribution in [3.8, 4) is 0 Å². The lowest BCUT2D eigenvalue weighted by Crippen LogP contribution is -2.42. The summed E-state index contributed by atoms with van der Waals surface area (Å²) in [6.07, 6.45) is 2.34. The Bertz CT molecular complexity index is 464. The highest BCUT2D eigenvalue weighted by Gasteiger charge is 2.21. The number of rotatable bonds is 3. The van der Waals surface area contributed by atoms with Crippen LogP contribution in [0.4, 0.5) is 11.4 Å². The Hall–Kier alpha value is -1.55. The largest absolute Gasteiger partial charge is 0.398 e. The molecule has 0 bridgehead atoms. The zero-order valence-corrected chi connectivity index (χ0v) is 12.0. The summed E-state index contributed by atoms with van der Waals surface area (Å²) in [5.41, 5.74) is 8.24. The molecule has 2 rings (SSSR count). The van der Waals surface area contributed by atoms with E-state index in [2.05, 4.69) is 23.9 Å². The maximum atomic E-state index is 11.4. The Morgan fingerprint density at radius 3 is 2.53 bits per heavy atom. The molecular weight excluding hydrogens is 238 g/mol. The molecule has 4 nitrogen and oxygen atoms in total. The molecule has 104 valence electrons. The molecule has 1 aromatic carbocycles. The molecule has 0 aliphatic carbocycles. The molecule has 2 N–H and O–H groups in total. The van der Waals surface area contributed by atoms with Gasteiger partial charge in [0.15, 0.2) is 5.78 Å². The SMILES string of the molecule is CC(=O)c1ccc(N(C)C2CCN(C)CC2)cc1N. The van der Waals surface area contributed by atoms with E-state index in [0.717, 1.165) is 18.8 Å². The molecule has 0 atom stereocenters. The first kappa shape index (κ1) is 13.9. The molecule has 0 spiro atoms. The second-order valence-electron chi connectivity index (χ2n) is 5.47. The third-order valence-electron chi connectivity index (χ3n) is 4.06. The Morgan fingerprint density at radius 2 is 2.00 bits per heavy atom. The van der Waals surface area contributed by atoms with Crippen molar-refractivity contribution in [2.75, 3.05) is 37.8 Å². The molecule has 0 aromatic heterocycles. The van der Waals surface area contributed by atoms with Crippen molar-refractivity contribution in [1.82, 2.24) is 4.90 Å². The van der Waals surface area contributed by atoms with Gasteiger partial charge in [-0.2, -0.15) is 0 Å².